The highest BCUT2D eigenvalue weighted by atomic mass is 35.5. The Hall–Kier alpha value is -4.24. The summed E-state index contributed by atoms with van der Waals surface area (Å²) < 4.78 is 4.96. The molecule has 1 saturated heterocycles. The SMILES string of the molecule is CCOC(=O)c1ccc(NC(=O)C[C@H]2C(=O)N(c3ccc(Cl)cc3)C(=O)N2Cc2cccnc2)cc1. The lowest BCUT2D eigenvalue weighted by Gasteiger charge is -2.21. The summed E-state index contributed by atoms with van der Waals surface area (Å²) in [5.41, 5.74) is 1.88. The standard InChI is InChI=1S/C26H23ClN4O5/c1-2-36-25(34)18-5-9-20(10-6-18)29-23(32)14-22-24(33)31(21-11-7-19(27)8-12-21)26(35)30(22)16-17-4-3-13-28-15-17/h3-13,15,22H,2,14,16H2,1H3,(H,29,32)/t22-/m0/s1. The number of urea groups is 1. The normalized spacial score (nSPS) is 15.2. The molecule has 1 aromatic heterocycles. The molecule has 4 rings (SSSR count). The summed E-state index contributed by atoms with van der Waals surface area (Å²) in [4.78, 5) is 57.9. The maximum atomic E-state index is 13.4. The summed E-state index contributed by atoms with van der Waals surface area (Å²) >= 11 is 5.96. The Labute approximate surface area is 212 Å². The molecule has 9 nitrogen and oxygen atoms in total. The van der Waals surface area contributed by atoms with Gasteiger partial charge in [0.1, 0.15) is 6.04 Å². The molecule has 0 bridgehead atoms. The van der Waals surface area contributed by atoms with Crippen LogP contribution in [0.2, 0.25) is 5.02 Å². The number of amides is 4. The molecular formula is C26H23ClN4O5. The molecule has 0 spiro atoms. The Morgan fingerprint density at radius 2 is 1.78 bits per heavy atom. The first-order valence-electron chi connectivity index (χ1n) is 11.2. The van der Waals surface area contributed by atoms with E-state index in [1.807, 2.05) is 0 Å². The minimum absolute atomic E-state index is 0.106. The summed E-state index contributed by atoms with van der Waals surface area (Å²) in [6.45, 7) is 2.08. The monoisotopic (exact) mass is 506 g/mol. The number of aromatic nitrogens is 1. The number of hydrogen-bond donors (Lipinski definition) is 1. The smallest absolute Gasteiger partial charge is 0.338 e. The van der Waals surface area contributed by atoms with Gasteiger partial charge in [0.05, 0.1) is 24.3 Å². The van der Waals surface area contributed by atoms with Gasteiger partial charge in [-0.1, -0.05) is 17.7 Å². The Morgan fingerprint density at radius 1 is 1.06 bits per heavy atom. The van der Waals surface area contributed by atoms with Crippen LogP contribution in [0.1, 0.15) is 29.3 Å². The minimum atomic E-state index is -1.02. The number of nitrogens with zero attached hydrogens (tertiary/aromatic N) is 3. The molecule has 0 unspecified atom stereocenters. The summed E-state index contributed by atoms with van der Waals surface area (Å²) in [5, 5.41) is 3.19. The van der Waals surface area contributed by atoms with Gasteiger partial charge in [0.15, 0.2) is 0 Å². The van der Waals surface area contributed by atoms with Gasteiger partial charge in [0.25, 0.3) is 5.91 Å². The zero-order chi connectivity index (χ0) is 25.7. The second-order valence-corrected chi connectivity index (χ2v) is 8.42. The van der Waals surface area contributed by atoms with Crippen molar-refractivity contribution in [2.75, 3.05) is 16.8 Å². The fourth-order valence-electron chi connectivity index (χ4n) is 3.82. The number of hydrogen-bond acceptors (Lipinski definition) is 6. The maximum Gasteiger partial charge on any atom is 0.338 e. The predicted molar refractivity (Wildman–Crippen MR) is 134 cm³/mol. The number of anilines is 2. The van der Waals surface area contributed by atoms with E-state index < -0.39 is 29.9 Å². The third kappa shape index (κ3) is 5.52. The van der Waals surface area contributed by atoms with Gasteiger partial charge in [-0.3, -0.25) is 14.6 Å². The van der Waals surface area contributed by atoms with E-state index in [2.05, 4.69) is 10.3 Å². The van der Waals surface area contributed by atoms with Crippen molar-refractivity contribution in [2.24, 2.45) is 0 Å². The minimum Gasteiger partial charge on any atom is -0.462 e. The first-order chi connectivity index (χ1) is 17.4. The number of rotatable bonds is 8. The van der Waals surface area contributed by atoms with Crippen molar-refractivity contribution in [1.29, 1.82) is 0 Å². The first kappa shape index (κ1) is 24.9. The van der Waals surface area contributed by atoms with E-state index in [1.165, 1.54) is 17.0 Å². The molecule has 1 aliphatic heterocycles. The maximum absolute atomic E-state index is 13.4. The molecule has 2 heterocycles. The Balaban J connectivity index is 1.53. The average Bonchev–Trinajstić information content (AvgIpc) is 3.09. The summed E-state index contributed by atoms with van der Waals surface area (Å²) in [6, 6.07) is 14.5. The second-order valence-electron chi connectivity index (χ2n) is 7.99. The van der Waals surface area contributed by atoms with E-state index in [0.717, 1.165) is 10.5 Å². The van der Waals surface area contributed by atoms with E-state index in [1.54, 1.807) is 67.8 Å². The van der Waals surface area contributed by atoms with Gasteiger partial charge in [-0.2, -0.15) is 0 Å². The number of ether oxygens (including phenoxy) is 1. The number of nitrogens with one attached hydrogen (secondary N) is 1. The molecule has 4 amide bonds. The Kier molecular flexibility index (Phi) is 7.60. The molecule has 0 saturated carbocycles. The number of halogens is 1. The van der Waals surface area contributed by atoms with Gasteiger partial charge >= 0.3 is 12.0 Å². The van der Waals surface area contributed by atoms with Crippen LogP contribution in [0, 0.1) is 0 Å². The van der Waals surface area contributed by atoms with E-state index in [9.17, 15) is 19.2 Å². The number of pyridine rings is 1. The number of benzene rings is 2. The molecule has 10 heteroatoms. The summed E-state index contributed by atoms with van der Waals surface area (Å²) in [5.74, 6) is -1.43. The third-order valence-electron chi connectivity index (χ3n) is 5.54. The van der Waals surface area contributed by atoms with Crippen molar-refractivity contribution >= 4 is 46.8 Å². The molecule has 1 aliphatic rings. The van der Waals surface area contributed by atoms with E-state index in [0.29, 0.717) is 22.0 Å². The molecule has 0 radical (unpaired) electrons. The molecule has 2 aromatic carbocycles. The van der Waals surface area contributed by atoms with Crippen LogP contribution in [0.4, 0.5) is 16.2 Å². The van der Waals surface area contributed by atoms with Gasteiger partial charge in [0, 0.05) is 29.6 Å². The predicted octanol–water partition coefficient (Wildman–Crippen LogP) is 4.28. The van der Waals surface area contributed by atoms with Gasteiger partial charge < -0.3 is 15.0 Å². The molecule has 1 fully saturated rings. The molecule has 1 atom stereocenters. The van der Waals surface area contributed by atoms with Crippen LogP contribution >= 0.6 is 11.6 Å². The van der Waals surface area contributed by atoms with Crippen molar-refractivity contribution in [2.45, 2.75) is 25.9 Å². The number of carbonyl (C=O) groups excluding carboxylic acids is 4. The average molecular weight is 507 g/mol. The van der Waals surface area contributed by atoms with Crippen LogP contribution in [-0.4, -0.2) is 46.3 Å². The zero-order valence-electron chi connectivity index (χ0n) is 19.4. The van der Waals surface area contributed by atoms with Crippen LogP contribution in [-0.2, 0) is 20.9 Å². The number of esters is 1. The van der Waals surface area contributed by atoms with Gasteiger partial charge in [0.2, 0.25) is 5.91 Å². The van der Waals surface area contributed by atoms with Crippen LogP contribution in [0.5, 0.6) is 0 Å². The fraction of sp³-hybridized carbons (Fsp3) is 0.192. The second kappa shape index (κ2) is 11.0. The van der Waals surface area contributed by atoms with Gasteiger partial charge in [-0.25, -0.2) is 14.5 Å². The lowest BCUT2D eigenvalue weighted by Crippen LogP contribution is -2.37. The third-order valence-corrected chi connectivity index (χ3v) is 5.79. The Morgan fingerprint density at radius 3 is 2.42 bits per heavy atom. The topological polar surface area (TPSA) is 109 Å². The lowest BCUT2D eigenvalue weighted by atomic mass is 10.1. The molecule has 3 aromatic rings. The zero-order valence-corrected chi connectivity index (χ0v) is 20.1. The van der Waals surface area contributed by atoms with E-state index >= 15 is 0 Å². The molecule has 1 N–H and O–H groups in total. The van der Waals surface area contributed by atoms with Crippen molar-refractivity contribution in [3.05, 3.63) is 89.2 Å². The van der Waals surface area contributed by atoms with Crippen molar-refractivity contribution in [3.8, 4) is 0 Å². The van der Waals surface area contributed by atoms with Crippen molar-refractivity contribution < 1.29 is 23.9 Å². The largest absolute Gasteiger partial charge is 0.462 e. The summed E-state index contributed by atoms with van der Waals surface area (Å²) in [6.07, 6.45) is 2.96. The quantitative estimate of drug-likeness (QED) is 0.361. The van der Waals surface area contributed by atoms with Crippen molar-refractivity contribution in [1.82, 2.24) is 9.88 Å². The van der Waals surface area contributed by atoms with Crippen LogP contribution in [0.3, 0.4) is 0 Å². The highest BCUT2D eigenvalue weighted by molar-refractivity contribution is 6.30. The number of carbonyl (C=O) groups is 4. The van der Waals surface area contributed by atoms with Crippen LogP contribution < -0.4 is 10.2 Å². The molecule has 36 heavy (non-hydrogen) atoms. The van der Waals surface area contributed by atoms with Crippen LogP contribution in [0.15, 0.2) is 73.1 Å². The Bertz CT molecular complexity index is 1270. The van der Waals surface area contributed by atoms with E-state index in [-0.39, 0.29) is 19.6 Å². The molecule has 0 aliphatic carbocycles. The lowest BCUT2D eigenvalue weighted by molar-refractivity contribution is -0.124. The fourth-order valence-corrected chi connectivity index (χ4v) is 3.95. The molecule has 184 valence electrons. The van der Waals surface area contributed by atoms with Crippen LogP contribution in [0.25, 0.3) is 0 Å². The first-order valence-corrected chi connectivity index (χ1v) is 11.6. The van der Waals surface area contributed by atoms with Gasteiger partial charge in [-0.05, 0) is 67.1 Å². The molecular weight excluding hydrogens is 484 g/mol. The number of imide groups is 1. The highest BCUT2D eigenvalue weighted by Crippen LogP contribution is 2.29. The van der Waals surface area contributed by atoms with Crippen molar-refractivity contribution in [3.63, 3.8) is 0 Å². The summed E-state index contributed by atoms with van der Waals surface area (Å²) in [7, 11) is 0. The van der Waals surface area contributed by atoms with Gasteiger partial charge in [-0.15, -0.1) is 0 Å². The highest BCUT2D eigenvalue weighted by Gasteiger charge is 2.46. The van der Waals surface area contributed by atoms with E-state index in [4.69, 9.17) is 16.3 Å².